The molecule has 142 valence electrons. The number of ketones is 1. The number of anilines is 1. The Balaban J connectivity index is 1.52. The number of thioether (sulfide) groups is 1. The number of benzene rings is 2. The van der Waals surface area contributed by atoms with Crippen molar-refractivity contribution in [3.05, 3.63) is 53.6 Å². The number of rotatable bonds is 5. The van der Waals surface area contributed by atoms with Crippen LogP contribution in [0.15, 0.2) is 47.5 Å². The van der Waals surface area contributed by atoms with Gasteiger partial charge in [0, 0.05) is 17.0 Å². The van der Waals surface area contributed by atoms with Gasteiger partial charge >= 0.3 is 0 Å². The first-order valence-corrected chi connectivity index (χ1v) is 9.70. The first kappa shape index (κ1) is 18.3. The minimum absolute atomic E-state index is 0.00604. The maximum absolute atomic E-state index is 12.6. The van der Waals surface area contributed by atoms with Crippen molar-refractivity contribution in [2.24, 2.45) is 0 Å². The average Bonchev–Trinajstić information content (AvgIpc) is 2.71. The topological polar surface area (TPSA) is 77.5 Å². The van der Waals surface area contributed by atoms with Crippen LogP contribution in [0.2, 0.25) is 0 Å². The van der Waals surface area contributed by atoms with Gasteiger partial charge in [0.25, 0.3) is 5.91 Å². The first-order valence-electron chi connectivity index (χ1n) is 8.71. The predicted octanol–water partition coefficient (Wildman–Crippen LogP) is 3.86. The molecule has 1 aliphatic heterocycles. The summed E-state index contributed by atoms with van der Waals surface area (Å²) in [6, 6.07) is 12.8. The lowest BCUT2D eigenvalue weighted by Crippen LogP contribution is -2.25. The van der Waals surface area contributed by atoms with Crippen molar-refractivity contribution >= 4 is 40.0 Å². The highest BCUT2D eigenvalue weighted by molar-refractivity contribution is 7.99. The van der Waals surface area contributed by atoms with Crippen LogP contribution in [0.25, 0.3) is 10.9 Å². The van der Waals surface area contributed by atoms with Gasteiger partial charge in [0.1, 0.15) is 11.5 Å². The fourth-order valence-corrected chi connectivity index (χ4v) is 3.90. The minimum Gasteiger partial charge on any atom is -0.497 e. The smallest absolute Gasteiger partial charge is 0.262 e. The van der Waals surface area contributed by atoms with E-state index in [0.717, 1.165) is 27.2 Å². The van der Waals surface area contributed by atoms with Gasteiger partial charge in [-0.2, -0.15) is 0 Å². The highest BCUT2D eigenvalue weighted by atomic mass is 32.2. The van der Waals surface area contributed by atoms with E-state index in [1.54, 1.807) is 25.3 Å². The summed E-state index contributed by atoms with van der Waals surface area (Å²) >= 11 is 1.38. The Labute approximate surface area is 166 Å². The molecule has 0 fully saturated rings. The second-order valence-electron chi connectivity index (χ2n) is 6.42. The van der Waals surface area contributed by atoms with Crippen molar-refractivity contribution in [1.29, 1.82) is 0 Å². The fraction of sp³-hybridized carbons (Fsp3) is 0.190. The molecule has 0 radical (unpaired) electrons. The van der Waals surface area contributed by atoms with Crippen LogP contribution in [0.5, 0.6) is 11.5 Å². The molecule has 0 spiro atoms. The molecule has 7 heteroatoms. The zero-order chi connectivity index (χ0) is 19.7. The molecule has 0 aliphatic carbocycles. The average molecular weight is 394 g/mol. The third kappa shape index (κ3) is 3.66. The number of methoxy groups -OCH3 is 1. The standard InChI is InChI=1S/C21H18N2O4S/c1-12-7-21(23-16-9-14(26-2)4-5-15(12)16)28-11-18(24)13-3-6-19-17(8-13)22-20(25)10-27-19/h3-9H,10-11H2,1-2H3,(H,22,25). The quantitative estimate of drug-likeness (QED) is 0.523. The van der Waals surface area contributed by atoms with E-state index >= 15 is 0 Å². The molecule has 6 nitrogen and oxygen atoms in total. The number of aromatic nitrogens is 1. The molecule has 1 aromatic heterocycles. The summed E-state index contributed by atoms with van der Waals surface area (Å²) < 4.78 is 10.6. The van der Waals surface area contributed by atoms with Gasteiger partial charge in [-0.1, -0.05) is 11.8 Å². The summed E-state index contributed by atoms with van der Waals surface area (Å²) in [5.74, 6) is 1.30. The van der Waals surface area contributed by atoms with Gasteiger partial charge in [0.15, 0.2) is 12.4 Å². The molecule has 3 aromatic rings. The molecule has 28 heavy (non-hydrogen) atoms. The number of ether oxygens (including phenoxy) is 2. The molecule has 0 atom stereocenters. The summed E-state index contributed by atoms with van der Waals surface area (Å²) in [5, 5.41) is 4.56. The number of carbonyl (C=O) groups excluding carboxylic acids is 2. The number of aryl methyl sites for hydroxylation is 1. The number of nitrogens with zero attached hydrogens (tertiary/aromatic N) is 1. The number of fused-ring (bicyclic) bond motifs is 2. The number of hydrogen-bond acceptors (Lipinski definition) is 6. The second kappa shape index (κ2) is 7.52. The van der Waals surface area contributed by atoms with Gasteiger partial charge in [0.05, 0.1) is 29.1 Å². The van der Waals surface area contributed by atoms with Crippen molar-refractivity contribution in [3.63, 3.8) is 0 Å². The molecule has 0 saturated heterocycles. The van der Waals surface area contributed by atoms with Crippen LogP contribution in [0, 0.1) is 6.92 Å². The van der Waals surface area contributed by atoms with Crippen LogP contribution in [0.3, 0.4) is 0 Å². The third-order valence-corrected chi connectivity index (χ3v) is 5.40. The van der Waals surface area contributed by atoms with Gasteiger partial charge in [-0.3, -0.25) is 9.59 Å². The lowest BCUT2D eigenvalue weighted by molar-refractivity contribution is -0.118. The first-order chi connectivity index (χ1) is 13.5. The lowest BCUT2D eigenvalue weighted by Gasteiger charge is -2.18. The van der Waals surface area contributed by atoms with E-state index in [0.29, 0.717) is 17.0 Å². The Hall–Kier alpha value is -3.06. The van der Waals surface area contributed by atoms with Crippen molar-refractivity contribution in [2.45, 2.75) is 11.9 Å². The molecule has 2 heterocycles. The third-order valence-electron chi connectivity index (χ3n) is 4.49. The summed E-state index contributed by atoms with van der Waals surface area (Å²) in [4.78, 5) is 28.7. The Kier molecular flexibility index (Phi) is 4.92. The minimum atomic E-state index is -0.224. The summed E-state index contributed by atoms with van der Waals surface area (Å²) in [6.45, 7) is 2.02. The molecular weight excluding hydrogens is 376 g/mol. The second-order valence-corrected chi connectivity index (χ2v) is 7.42. The molecule has 2 aromatic carbocycles. The number of carbonyl (C=O) groups is 2. The summed E-state index contributed by atoms with van der Waals surface area (Å²) in [5.41, 5.74) is 2.98. The molecule has 0 unspecified atom stereocenters. The van der Waals surface area contributed by atoms with Crippen LogP contribution in [-0.2, 0) is 4.79 Å². The molecule has 1 amide bonds. The Morgan fingerprint density at radius 3 is 2.93 bits per heavy atom. The van der Waals surface area contributed by atoms with Gasteiger partial charge in [-0.15, -0.1) is 0 Å². The number of pyridine rings is 1. The zero-order valence-electron chi connectivity index (χ0n) is 15.4. The van der Waals surface area contributed by atoms with E-state index < -0.39 is 0 Å². The molecule has 1 N–H and O–H groups in total. The van der Waals surface area contributed by atoms with Crippen molar-refractivity contribution < 1.29 is 19.1 Å². The van der Waals surface area contributed by atoms with E-state index in [9.17, 15) is 9.59 Å². The van der Waals surface area contributed by atoms with E-state index in [2.05, 4.69) is 10.3 Å². The fourth-order valence-electron chi connectivity index (χ4n) is 3.03. The van der Waals surface area contributed by atoms with Gasteiger partial charge in [-0.05, 0) is 48.9 Å². The molecule has 0 saturated carbocycles. The number of nitrogens with one attached hydrogen (secondary N) is 1. The summed E-state index contributed by atoms with van der Waals surface area (Å²) in [7, 11) is 1.62. The Bertz CT molecular complexity index is 1100. The summed E-state index contributed by atoms with van der Waals surface area (Å²) in [6.07, 6.45) is 0. The van der Waals surface area contributed by atoms with Crippen LogP contribution in [0.4, 0.5) is 5.69 Å². The molecule has 1 aliphatic rings. The van der Waals surface area contributed by atoms with E-state index in [-0.39, 0.29) is 24.1 Å². The maximum Gasteiger partial charge on any atom is 0.262 e. The van der Waals surface area contributed by atoms with Gasteiger partial charge < -0.3 is 14.8 Å². The van der Waals surface area contributed by atoms with Crippen molar-refractivity contribution in [1.82, 2.24) is 4.98 Å². The van der Waals surface area contributed by atoms with Gasteiger partial charge in [-0.25, -0.2) is 4.98 Å². The van der Waals surface area contributed by atoms with Crippen LogP contribution < -0.4 is 14.8 Å². The normalized spacial score (nSPS) is 12.9. The largest absolute Gasteiger partial charge is 0.497 e. The number of amides is 1. The van der Waals surface area contributed by atoms with E-state index in [1.165, 1.54) is 11.8 Å². The maximum atomic E-state index is 12.6. The highest BCUT2D eigenvalue weighted by Crippen LogP contribution is 2.30. The van der Waals surface area contributed by atoms with E-state index in [1.807, 2.05) is 31.2 Å². The highest BCUT2D eigenvalue weighted by Gasteiger charge is 2.18. The molecular formula is C21H18N2O4S. The predicted molar refractivity (Wildman–Crippen MR) is 109 cm³/mol. The molecule has 0 bridgehead atoms. The number of Topliss-reactive ketones (excluding diaryl/α,β-unsaturated/α-hetero) is 1. The van der Waals surface area contributed by atoms with Crippen LogP contribution in [0.1, 0.15) is 15.9 Å². The molecule has 4 rings (SSSR count). The lowest BCUT2D eigenvalue weighted by atomic mass is 10.1. The van der Waals surface area contributed by atoms with Crippen molar-refractivity contribution in [3.8, 4) is 11.5 Å². The van der Waals surface area contributed by atoms with Gasteiger partial charge in [0.2, 0.25) is 0 Å². The number of hydrogen-bond donors (Lipinski definition) is 1. The van der Waals surface area contributed by atoms with Crippen LogP contribution in [-0.4, -0.2) is 36.1 Å². The monoisotopic (exact) mass is 394 g/mol. The van der Waals surface area contributed by atoms with E-state index in [4.69, 9.17) is 9.47 Å². The zero-order valence-corrected chi connectivity index (χ0v) is 16.3. The van der Waals surface area contributed by atoms with Crippen LogP contribution >= 0.6 is 11.8 Å². The van der Waals surface area contributed by atoms with Crippen molar-refractivity contribution in [2.75, 3.05) is 24.8 Å². The SMILES string of the molecule is COc1ccc2c(C)cc(SCC(=O)c3ccc4c(c3)NC(=O)CO4)nc2c1. The Morgan fingerprint density at radius 2 is 2.11 bits per heavy atom. The Morgan fingerprint density at radius 1 is 1.25 bits per heavy atom.